The Labute approximate surface area is 88.9 Å². The normalized spacial score (nSPS) is 10.4. The number of halogens is 2. The van der Waals surface area contributed by atoms with Crippen molar-refractivity contribution >= 4 is 15.9 Å². The van der Waals surface area contributed by atoms with Gasteiger partial charge < -0.3 is 4.52 Å². The molecule has 1 aromatic carbocycles. The van der Waals surface area contributed by atoms with Crippen molar-refractivity contribution in [2.75, 3.05) is 0 Å². The summed E-state index contributed by atoms with van der Waals surface area (Å²) >= 11 is 3.26. The van der Waals surface area contributed by atoms with Gasteiger partial charge in [0.05, 0.1) is 5.33 Å². The summed E-state index contributed by atoms with van der Waals surface area (Å²) in [4.78, 5) is 0. The Bertz CT molecular complexity index is 424. The van der Waals surface area contributed by atoms with Crippen LogP contribution in [-0.4, -0.2) is 5.16 Å². The molecule has 0 bridgehead atoms. The predicted octanol–water partition coefficient (Wildman–Crippen LogP) is 3.38. The summed E-state index contributed by atoms with van der Waals surface area (Å²) in [6, 6.07) is 7.97. The number of alkyl halides is 1. The lowest BCUT2D eigenvalue weighted by molar-refractivity contribution is 0.398. The van der Waals surface area contributed by atoms with E-state index >= 15 is 0 Å². The molecule has 0 aliphatic heterocycles. The first-order valence-corrected chi connectivity index (χ1v) is 5.19. The van der Waals surface area contributed by atoms with Gasteiger partial charge in [-0.15, -0.1) is 0 Å². The van der Waals surface area contributed by atoms with E-state index in [-0.39, 0.29) is 5.82 Å². The molecule has 2 aromatic rings. The number of hydrogen-bond acceptors (Lipinski definition) is 2. The molecular weight excluding hydrogens is 249 g/mol. The summed E-state index contributed by atoms with van der Waals surface area (Å²) in [5.41, 5.74) is 1.57. The third-order valence-corrected chi connectivity index (χ3v) is 2.38. The van der Waals surface area contributed by atoms with Gasteiger partial charge >= 0.3 is 0 Å². The minimum atomic E-state index is -0.252. The highest BCUT2D eigenvalue weighted by Crippen LogP contribution is 2.20. The van der Waals surface area contributed by atoms with Crippen molar-refractivity contribution in [3.63, 3.8) is 0 Å². The Kier molecular flexibility index (Phi) is 2.63. The molecule has 0 spiro atoms. The van der Waals surface area contributed by atoms with E-state index in [4.69, 9.17) is 4.52 Å². The fourth-order valence-corrected chi connectivity index (χ4v) is 1.40. The lowest BCUT2D eigenvalue weighted by Crippen LogP contribution is -1.77. The lowest BCUT2D eigenvalue weighted by Gasteiger charge is -1.93. The SMILES string of the molecule is Fc1ccc(-c2cc(CBr)on2)cc1. The highest BCUT2D eigenvalue weighted by Gasteiger charge is 2.04. The maximum Gasteiger partial charge on any atom is 0.147 e. The molecule has 4 heteroatoms. The molecule has 0 amide bonds. The largest absolute Gasteiger partial charge is 0.360 e. The van der Waals surface area contributed by atoms with Crippen LogP contribution in [0.1, 0.15) is 5.76 Å². The van der Waals surface area contributed by atoms with Crippen molar-refractivity contribution in [2.24, 2.45) is 0 Å². The monoisotopic (exact) mass is 255 g/mol. The second kappa shape index (κ2) is 3.92. The summed E-state index contributed by atoms with van der Waals surface area (Å²) in [5, 5.41) is 4.49. The van der Waals surface area contributed by atoms with Gasteiger partial charge in [0.15, 0.2) is 0 Å². The van der Waals surface area contributed by atoms with Crippen LogP contribution in [0.15, 0.2) is 34.9 Å². The number of nitrogens with zero attached hydrogens (tertiary/aromatic N) is 1. The van der Waals surface area contributed by atoms with Crippen LogP contribution in [0, 0.1) is 5.82 Å². The molecule has 0 fully saturated rings. The van der Waals surface area contributed by atoms with Crippen LogP contribution in [-0.2, 0) is 5.33 Å². The first-order valence-electron chi connectivity index (χ1n) is 4.07. The third kappa shape index (κ3) is 1.85. The second-order valence-electron chi connectivity index (χ2n) is 2.82. The van der Waals surface area contributed by atoms with E-state index in [1.165, 1.54) is 12.1 Å². The first kappa shape index (κ1) is 9.40. The summed E-state index contributed by atoms with van der Waals surface area (Å²) in [7, 11) is 0. The molecular formula is C10H7BrFNO. The summed E-state index contributed by atoms with van der Waals surface area (Å²) in [6.07, 6.45) is 0. The van der Waals surface area contributed by atoms with Gasteiger partial charge in [0.1, 0.15) is 17.3 Å². The molecule has 0 unspecified atom stereocenters. The maximum absolute atomic E-state index is 12.6. The lowest BCUT2D eigenvalue weighted by atomic mass is 10.1. The maximum atomic E-state index is 12.6. The second-order valence-corrected chi connectivity index (χ2v) is 3.38. The van der Waals surface area contributed by atoms with E-state index in [1.54, 1.807) is 12.1 Å². The van der Waals surface area contributed by atoms with Crippen molar-refractivity contribution in [1.29, 1.82) is 0 Å². The molecule has 2 nitrogen and oxygen atoms in total. The zero-order valence-corrected chi connectivity index (χ0v) is 8.79. The number of aromatic nitrogens is 1. The van der Waals surface area contributed by atoms with Crippen molar-refractivity contribution in [3.8, 4) is 11.3 Å². The molecule has 0 saturated heterocycles. The summed E-state index contributed by atoms with van der Waals surface area (Å²) in [6.45, 7) is 0. The molecule has 72 valence electrons. The third-order valence-electron chi connectivity index (χ3n) is 1.83. The van der Waals surface area contributed by atoms with E-state index in [0.29, 0.717) is 5.33 Å². The number of benzene rings is 1. The molecule has 0 aliphatic carbocycles. The average molecular weight is 256 g/mol. The minimum absolute atomic E-state index is 0.252. The number of hydrogen-bond donors (Lipinski definition) is 0. The van der Waals surface area contributed by atoms with Crippen LogP contribution in [0.4, 0.5) is 4.39 Å². The summed E-state index contributed by atoms with van der Waals surface area (Å²) in [5.74, 6) is 0.502. The molecule has 0 radical (unpaired) electrons. The molecule has 0 saturated carbocycles. The van der Waals surface area contributed by atoms with E-state index < -0.39 is 0 Å². The van der Waals surface area contributed by atoms with Gasteiger partial charge in [-0.05, 0) is 24.3 Å². The Morgan fingerprint density at radius 1 is 1.29 bits per heavy atom. The minimum Gasteiger partial charge on any atom is -0.360 e. The first-order chi connectivity index (χ1) is 6.79. The zero-order valence-electron chi connectivity index (χ0n) is 7.21. The highest BCUT2D eigenvalue weighted by molar-refractivity contribution is 9.08. The molecule has 0 N–H and O–H groups in total. The Morgan fingerprint density at radius 2 is 2.00 bits per heavy atom. The highest BCUT2D eigenvalue weighted by atomic mass is 79.9. The Hall–Kier alpha value is -1.16. The average Bonchev–Trinajstić information content (AvgIpc) is 2.67. The van der Waals surface area contributed by atoms with Crippen molar-refractivity contribution in [1.82, 2.24) is 5.16 Å². The van der Waals surface area contributed by atoms with Gasteiger partial charge in [0.25, 0.3) is 0 Å². The van der Waals surface area contributed by atoms with Gasteiger partial charge in [0.2, 0.25) is 0 Å². The molecule has 1 aromatic heterocycles. The topological polar surface area (TPSA) is 26.0 Å². The van der Waals surface area contributed by atoms with Gasteiger partial charge in [-0.25, -0.2) is 4.39 Å². The van der Waals surface area contributed by atoms with E-state index in [9.17, 15) is 4.39 Å². The molecule has 14 heavy (non-hydrogen) atoms. The standard InChI is InChI=1S/C10H7BrFNO/c11-6-9-5-10(13-14-9)7-1-3-8(12)4-2-7/h1-5H,6H2. The molecule has 0 atom stereocenters. The van der Waals surface area contributed by atoms with Crippen molar-refractivity contribution in [3.05, 3.63) is 41.9 Å². The van der Waals surface area contributed by atoms with E-state index in [2.05, 4.69) is 21.1 Å². The van der Waals surface area contributed by atoms with Crippen LogP contribution in [0.2, 0.25) is 0 Å². The van der Waals surface area contributed by atoms with Crippen LogP contribution in [0.5, 0.6) is 0 Å². The quantitative estimate of drug-likeness (QED) is 0.770. The van der Waals surface area contributed by atoms with E-state index in [1.807, 2.05) is 6.07 Å². The van der Waals surface area contributed by atoms with Gasteiger partial charge in [0, 0.05) is 11.6 Å². The van der Waals surface area contributed by atoms with Crippen LogP contribution in [0.3, 0.4) is 0 Å². The van der Waals surface area contributed by atoms with Crippen molar-refractivity contribution in [2.45, 2.75) is 5.33 Å². The van der Waals surface area contributed by atoms with Gasteiger partial charge in [-0.3, -0.25) is 0 Å². The number of rotatable bonds is 2. The molecule has 2 rings (SSSR count). The van der Waals surface area contributed by atoms with Crippen molar-refractivity contribution < 1.29 is 8.91 Å². The zero-order chi connectivity index (χ0) is 9.97. The fourth-order valence-electron chi connectivity index (χ4n) is 1.13. The predicted molar refractivity (Wildman–Crippen MR) is 54.5 cm³/mol. The van der Waals surface area contributed by atoms with Crippen LogP contribution >= 0.6 is 15.9 Å². The summed E-state index contributed by atoms with van der Waals surface area (Å²) < 4.78 is 17.6. The Balaban J connectivity index is 2.34. The fraction of sp³-hybridized carbons (Fsp3) is 0.100. The Morgan fingerprint density at radius 3 is 2.57 bits per heavy atom. The smallest absolute Gasteiger partial charge is 0.147 e. The van der Waals surface area contributed by atoms with E-state index in [0.717, 1.165) is 17.0 Å². The van der Waals surface area contributed by atoms with Gasteiger partial charge in [-0.2, -0.15) is 0 Å². The van der Waals surface area contributed by atoms with Gasteiger partial charge in [-0.1, -0.05) is 21.1 Å². The van der Waals surface area contributed by atoms with Crippen LogP contribution < -0.4 is 0 Å². The van der Waals surface area contributed by atoms with Crippen LogP contribution in [0.25, 0.3) is 11.3 Å². The molecule has 1 heterocycles. The molecule has 0 aliphatic rings.